The van der Waals surface area contributed by atoms with E-state index in [0.29, 0.717) is 17.5 Å². The molecule has 0 spiro atoms. The third-order valence-electron chi connectivity index (χ3n) is 4.65. The lowest BCUT2D eigenvalue weighted by atomic mass is 9.98. The summed E-state index contributed by atoms with van der Waals surface area (Å²) < 4.78 is 2.02. The Morgan fingerprint density at radius 3 is 2.57 bits per heavy atom. The zero-order valence-electron chi connectivity index (χ0n) is 15.6. The molecule has 141 valence electrons. The first-order valence-corrected chi connectivity index (χ1v) is 9.69. The number of aryl methyl sites for hydroxylation is 1. The van der Waals surface area contributed by atoms with Crippen LogP contribution in [-0.2, 0) is 13.0 Å². The Kier molecular flexibility index (Phi) is 5.48. The molecule has 6 nitrogen and oxygen atoms in total. The summed E-state index contributed by atoms with van der Waals surface area (Å²) >= 11 is 6.08. The van der Waals surface area contributed by atoms with Gasteiger partial charge < -0.3 is 4.57 Å². The van der Waals surface area contributed by atoms with Gasteiger partial charge in [0.15, 0.2) is 11.0 Å². The monoisotopic (exact) mass is 391 g/mol. The van der Waals surface area contributed by atoms with Gasteiger partial charge in [0, 0.05) is 18.5 Å². The van der Waals surface area contributed by atoms with Crippen LogP contribution in [0.15, 0.2) is 48.5 Å². The lowest BCUT2D eigenvalue weighted by molar-refractivity contribution is 0.675. The molecule has 0 aliphatic rings. The molecule has 4 aromatic rings. The van der Waals surface area contributed by atoms with Crippen LogP contribution in [0.1, 0.15) is 31.2 Å². The number of unbranched alkanes of at least 4 members (excludes halogenated alkanes) is 1. The van der Waals surface area contributed by atoms with Crippen molar-refractivity contribution in [2.24, 2.45) is 0 Å². The van der Waals surface area contributed by atoms with E-state index in [0.717, 1.165) is 41.8 Å². The van der Waals surface area contributed by atoms with Gasteiger partial charge in [-0.25, -0.2) is 10.1 Å². The minimum atomic E-state index is 0.428. The first kappa shape index (κ1) is 18.4. The molecule has 28 heavy (non-hydrogen) atoms. The molecule has 2 aromatic heterocycles. The number of halogens is 1. The van der Waals surface area contributed by atoms with Crippen LogP contribution in [0.25, 0.3) is 22.5 Å². The molecule has 1 N–H and O–H groups in total. The fourth-order valence-corrected chi connectivity index (χ4v) is 3.42. The van der Waals surface area contributed by atoms with Crippen LogP contribution in [0, 0.1) is 6.20 Å². The first-order valence-electron chi connectivity index (χ1n) is 9.31. The van der Waals surface area contributed by atoms with Crippen LogP contribution in [0.2, 0.25) is 5.15 Å². The molecule has 2 heterocycles. The Morgan fingerprint density at radius 2 is 1.86 bits per heavy atom. The number of tetrazole rings is 1. The fourth-order valence-electron chi connectivity index (χ4n) is 3.22. The summed E-state index contributed by atoms with van der Waals surface area (Å²) in [6.07, 6.45) is 6.25. The molecule has 4 rings (SSSR count). The second kappa shape index (κ2) is 8.35. The van der Waals surface area contributed by atoms with Gasteiger partial charge in [-0.05, 0) is 33.5 Å². The number of nitrogens with zero attached hydrogens (tertiary/aromatic N) is 5. The van der Waals surface area contributed by atoms with Gasteiger partial charge in [0.1, 0.15) is 12.0 Å². The molecular weight excluding hydrogens is 372 g/mol. The van der Waals surface area contributed by atoms with Gasteiger partial charge in [-0.15, -0.1) is 5.10 Å². The molecular formula is C21H20ClN6. The fraction of sp³-hybridized carbons (Fsp3) is 0.238. The van der Waals surface area contributed by atoms with Crippen molar-refractivity contribution in [1.29, 1.82) is 0 Å². The average Bonchev–Trinajstić information content (AvgIpc) is 3.37. The highest BCUT2D eigenvalue weighted by molar-refractivity contribution is 6.29. The van der Waals surface area contributed by atoms with E-state index in [-0.39, 0.29) is 0 Å². The zero-order chi connectivity index (χ0) is 19.3. The summed E-state index contributed by atoms with van der Waals surface area (Å²) in [7, 11) is 0. The summed E-state index contributed by atoms with van der Waals surface area (Å²) in [5, 5.41) is 14.7. The lowest BCUT2D eigenvalue weighted by Gasteiger charge is -2.10. The summed E-state index contributed by atoms with van der Waals surface area (Å²) in [5.41, 5.74) is 4.32. The Hall–Kier alpha value is -2.99. The minimum Gasteiger partial charge on any atom is -0.321 e. The Labute approximate surface area is 168 Å². The molecule has 7 heteroatoms. The van der Waals surface area contributed by atoms with Crippen molar-refractivity contribution in [2.45, 2.75) is 32.7 Å². The summed E-state index contributed by atoms with van der Waals surface area (Å²) in [5.74, 6) is 1.64. The van der Waals surface area contributed by atoms with Gasteiger partial charge >= 0.3 is 0 Å². The predicted octanol–water partition coefficient (Wildman–Crippen LogP) is 4.57. The van der Waals surface area contributed by atoms with Crippen molar-refractivity contribution >= 4 is 11.6 Å². The summed E-state index contributed by atoms with van der Waals surface area (Å²) in [4.78, 5) is 4.40. The van der Waals surface area contributed by atoms with Gasteiger partial charge in [0.25, 0.3) is 0 Å². The Balaban J connectivity index is 1.58. The van der Waals surface area contributed by atoms with Crippen LogP contribution in [0.4, 0.5) is 0 Å². The average molecular weight is 392 g/mol. The number of benzene rings is 2. The van der Waals surface area contributed by atoms with Crippen LogP contribution in [-0.4, -0.2) is 30.2 Å². The number of hydrogen-bond acceptors (Lipinski definition) is 4. The maximum Gasteiger partial charge on any atom is 0.180 e. The van der Waals surface area contributed by atoms with E-state index in [4.69, 9.17) is 11.6 Å². The standard InChI is InChI=1S/C21H20ClN6/c1-2-3-8-20-23-19(22)14-28(20)13-15-9-11-16(12-10-15)17-6-4-5-7-18(17)21-24-26-27-25-21/h4-7,9-12H,2-3,8,13H2,1H3,(H,24,25,26,27). The molecule has 0 atom stereocenters. The molecule has 2 aromatic carbocycles. The largest absolute Gasteiger partial charge is 0.321 e. The second-order valence-corrected chi connectivity index (χ2v) is 6.97. The van der Waals surface area contributed by atoms with Crippen molar-refractivity contribution in [3.05, 3.63) is 71.3 Å². The number of imidazole rings is 1. The molecule has 1 radical (unpaired) electrons. The molecule has 0 saturated heterocycles. The Bertz CT molecular complexity index is 1040. The molecule has 0 amide bonds. The van der Waals surface area contributed by atoms with Gasteiger partial charge in [-0.3, -0.25) is 0 Å². The van der Waals surface area contributed by atoms with Crippen LogP contribution in [0.3, 0.4) is 0 Å². The topological polar surface area (TPSA) is 72.3 Å². The van der Waals surface area contributed by atoms with Crippen molar-refractivity contribution in [3.8, 4) is 22.5 Å². The number of nitrogens with one attached hydrogen (secondary N) is 1. The van der Waals surface area contributed by atoms with Gasteiger partial charge in [0.2, 0.25) is 0 Å². The van der Waals surface area contributed by atoms with E-state index in [9.17, 15) is 0 Å². The smallest absolute Gasteiger partial charge is 0.180 e. The van der Waals surface area contributed by atoms with Crippen molar-refractivity contribution in [2.75, 3.05) is 0 Å². The van der Waals surface area contributed by atoms with Gasteiger partial charge in [0.05, 0.1) is 0 Å². The molecule has 0 aliphatic carbocycles. The van der Waals surface area contributed by atoms with E-state index >= 15 is 0 Å². The molecule has 0 saturated carbocycles. The Morgan fingerprint density at radius 1 is 1.07 bits per heavy atom. The first-order chi connectivity index (χ1) is 13.7. The normalized spacial score (nSPS) is 11.1. The number of hydrogen-bond donors (Lipinski definition) is 1. The minimum absolute atomic E-state index is 0.428. The van der Waals surface area contributed by atoms with E-state index < -0.39 is 0 Å². The zero-order valence-corrected chi connectivity index (χ0v) is 16.3. The van der Waals surface area contributed by atoms with Crippen LogP contribution >= 0.6 is 11.6 Å². The second-order valence-electron chi connectivity index (χ2n) is 6.61. The molecule has 0 bridgehead atoms. The highest BCUT2D eigenvalue weighted by Gasteiger charge is 2.11. The predicted molar refractivity (Wildman–Crippen MR) is 109 cm³/mol. The molecule has 0 aliphatic heterocycles. The number of aromatic amines is 1. The number of rotatable bonds is 7. The van der Waals surface area contributed by atoms with Gasteiger partial charge in [-0.1, -0.05) is 73.5 Å². The van der Waals surface area contributed by atoms with Crippen molar-refractivity contribution in [3.63, 3.8) is 0 Å². The maximum absolute atomic E-state index is 6.08. The third-order valence-corrected chi connectivity index (χ3v) is 4.82. The molecule has 0 fully saturated rings. The quantitative estimate of drug-likeness (QED) is 0.500. The highest BCUT2D eigenvalue weighted by atomic mass is 35.5. The summed E-state index contributed by atoms with van der Waals surface area (Å²) in [6.45, 7) is 2.87. The van der Waals surface area contributed by atoms with Crippen molar-refractivity contribution < 1.29 is 0 Å². The van der Waals surface area contributed by atoms with Crippen LogP contribution in [0.5, 0.6) is 0 Å². The highest BCUT2D eigenvalue weighted by Crippen LogP contribution is 2.29. The van der Waals surface area contributed by atoms with E-state index in [1.165, 1.54) is 5.56 Å². The maximum atomic E-state index is 6.08. The number of aromatic nitrogens is 6. The molecule has 0 unspecified atom stereocenters. The lowest BCUT2D eigenvalue weighted by Crippen LogP contribution is -2.04. The SMILES string of the molecule is CCCCc1nc(Cl)[c]n1Cc1ccc(-c2ccccc2-c2nnn[nH]2)cc1. The van der Waals surface area contributed by atoms with Gasteiger partial charge in [-0.2, -0.15) is 0 Å². The van der Waals surface area contributed by atoms with E-state index in [1.54, 1.807) is 0 Å². The third kappa shape index (κ3) is 3.97. The number of H-pyrrole nitrogens is 1. The van der Waals surface area contributed by atoms with E-state index in [2.05, 4.69) is 69.1 Å². The van der Waals surface area contributed by atoms with Crippen LogP contribution < -0.4 is 0 Å². The summed E-state index contributed by atoms with van der Waals surface area (Å²) in [6, 6.07) is 16.5. The van der Waals surface area contributed by atoms with E-state index in [1.807, 2.05) is 22.8 Å². The van der Waals surface area contributed by atoms with Crippen molar-refractivity contribution in [1.82, 2.24) is 30.2 Å².